The molecule has 2 rings (SSSR count). The SMILES string of the molecule is CC(C#N)(COc1cc(C#N)ccc1Cl)NC(=O)c1ccc(OC(F)(F)F)cc1. The monoisotopic (exact) mass is 423 g/mol. The molecule has 1 amide bonds. The third-order valence-electron chi connectivity index (χ3n) is 3.56. The highest BCUT2D eigenvalue weighted by molar-refractivity contribution is 6.32. The Morgan fingerprint density at radius 1 is 1.17 bits per heavy atom. The number of alkyl halides is 3. The molecule has 0 bridgehead atoms. The molecule has 0 spiro atoms. The van der Waals surface area contributed by atoms with Gasteiger partial charge in [0.05, 0.1) is 22.7 Å². The van der Waals surface area contributed by atoms with E-state index in [1.807, 2.05) is 12.1 Å². The molecule has 1 atom stereocenters. The Bertz CT molecular complexity index is 981. The maximum atomic E-state index is 12.3. The van der Waals surface area contributed by atoms with Crippen LogP contribution in [-0.2, 0) is 0 Å². The van der Waals surface area contributed by atoms with Gasteiger partial charge in [-0.3, -0.25) is 4.79 Å². The first-order valence-electron chi connectivity index (χ1n) is 7.97. The van der Waals surface area contributed by atoms with E-state index in [0.29, 0.717) is 5.56 Å². The van der Waals surface area contributed by atoms with Crippen LogP contribution in [0.1, 0.15) is 22.8 Å². The minimum absolute atomic E-state index is 0.0190. The minimum atomic E-state index is -4.84. The molecular formula is C19H13ClF3N3O3. The number of nitrogens with one attached hydrogen (secondary N) is 1. The van der Waals surface area contributed by atoms with Crippen LogP contribution >= 0.6 is 11.6 Å². The summed E-state index contributed by atoms with van der Waals surface area (Å²) in [5.74, 6) is -1.02. The van der Waals surface area contributed by atoms with E-state index >= 15 is 0 Å². The highest BCUT2D eigenvalue weighted by Crippen LogP contribution is 2.26. The maximum absolute atomic E-state index is 12.3. The number of ether oxygens (including phenoxy) is 2. The van der Waals surface area contributed by atoms with Gasteiger partial charge < -0.3 is 14.8 Å². The van der Waals surface area contributed by atoms with E-state index in [-0.39, 0.29) is 22.9 Å². The Hall–Kier alpha value is -3.43. The van der Waals surface area contributed by atoms with Crippen LogP contribution in [0.4, 0.5) is 13.2 Å². The molecule has 0 aliphatic carbocycles. The summed E-state index contributed by atoms with van der Waals surface area (Å²) in [5.41, 5.74) is -1.16. The van der Waals surface area contributed by atoms with Crippen molar-refractivity contribution in [2.75, 3.05) is 6.61 Å². The van der Waals surface area contributed by atoms with Crippen molar-refractivity contribution in [3.63, 3.8) is 0 Å². The zero-order valence-electron chi connectivity index (χ0n) is 14.9. The average Bonchev–Trinajstić information content (AvgIpc) is 2.66. The third kappa shape index (κ3) is 6.30. The van der Waals surface area contributed by atoms with E-state index in [4.69, 9.17) is 21.6 Å². The van der Waals surface area contributed by atoms with Crippen LogP contribution in [0.15, 0.2) is 42.5 Å². The molecule has 150 valence electrons. The van der Waals surface area contributed by atoms with Crippen LogP contribution in [0.2, 0.25) is 5.02 Å². The fourth-order valence-electron chi connectivity index (χ4n) is 2.13. The molecule has 0 radical (unpaired) electrons. The number of nitrogens with zero attached hydrogens (tertiary/aromatic N) is 2. The van der Waals surface area contributed by atoms with Gasteiger partial charge in [0.15, 0.2) is 5.54 Å². The maximum Gasteiger partial charge on any atom is 0.573 e. The molecule has 0 aromatic heterocycles. The molecule has 10 heteroatoms. The normalized spacial score (nSPS) is 12.8. The van der Waals surface area contributed by atoms with Crippen molar-refractivity contribution in [1.82, 2.24) is 5.32 Å². The van der Waals surface area contributed by atoms with Gasteiger partial charge in [0.1, 0.15) is 18.1 Å². The van der Waals surface area contributed by atoms with Gasteiger partial charge in [-0.05, 0) is 49.4 Å². The lowest BCUT2D eigenvalue weighted by molar-refractivity contribution is -0.274. The number of rotatable bonds is 6. The second-order valence-electron chi connectivity index (χ2n) is 6.02. The number of nitriles is 2. The van der Waals surface area contributed by atoms with Crippen LogP contribution in [0.3, 0.4) is 0 Å². The van der Waals surface area contributed by atoms with Crippen molar-refractivity contribution in [3.8, 4) is 23.6 Å². The van der Waals surface area contributed by atoms with E-state index < -0.39 is 23.6 Å². The quantitative estimate of drug-likeness (QED) is 0.751. The number of amides is 1. The molecule has 0 saturated carbocycles. The number of benzene rings is 2. The molecule has 0 heterocycles. The number of carbonyl (C=O) groups is 1. The second-order valence-corrected chi connectivity index (χ2v) is 6.42. The topological polar surface area (TPSA) is 95.1 Å². The first kappa shape index (κ1) is 21.9. The van der Waals surface area contributed by atoms with E-state index in [1.165, 1.54) is 25.1 Å². The first-order chi connectivity index (χ1) is 13.5. The summed E-state index contributed by atoms with van der Waals surface area (Å²) in [6.45, 7) is 1.10. The molecule has 2 aromatic carbocycles. The van der Waals surface area contributed by atoms with Crippen molar-refractivity contribution >= 4 is 17.5 Å². The summed E-state index contributed by atoms with van der Waals surface area (Å²) in [7, 11) is 0. The first-order valence-corrected chi connectivity index (χ1v) is 8.35. The van der Waals surface area contributed by atoms with Crippen molar-refractivity contribution < 1.29 is 27.4 Å². The zero-order chi connectivity index (χ0) is 21.7. The van der Waals surface area contributed by atoms with Crippen LogP contribution in [0.25, 0.3) is 0 Å². The Morgan fingerprint density at radius 2 is 1.83 bits per heavy atom. The van der Waals surface area contributed by atoms with E-state index in [9.17, 15) is 23.2 Å². The highest BCUT2D eigenvalue weighted by Gasteiger charge is 2.31. The van der Waals surface area contributed by atoms with Crippen LogP contribution in [-0.4, -0.2) is 24.4 Å². The molecule has 0 aliphatic rings. The van der Waals surface area contributed by atoms with Gasteiger partial charge in [-0.2, -0.15) is 10.5 Å². The Labute approximate surface area is 169 Å². The molecular weight excluding hydrogens is 411 g/mol. The smallest absolute Gasteiger partial charge is 0.488 e. The van der Waals surface area contributed by atoms with Gasteiger partial charge in [0.2, 0.25) is 0 Å². The summed E-state index contributed by atoms with van der Waals surface area (Å²) >= 11 is 5.99. The van der Waals surface area contributed by atoms with Crippen LogP contribution in [0, 0.1) is 22.7 Å². The number of carbonyl (C=O) groups excluding carboxylic acids is 1. The number of halogens is 4. The summed E-state index contributed by atoms with van der Waals surface area (Å²) in [6, 6.07) is 12.4. The number of hydrogen-bond acceptors (Lipinski definition) is 5. The van der Waals surface area contributed by atoms with E-state index in [0.717, 1.165) is 24.3 Å². The highest BCUT2D eigenvalue weighted by atomic mass is 35.5. The Balaban J connectivity index is 2.07. The van der Waals surface area contributed by atoms with Gasteiger partial charge in [0, 0.05) is 5.56 Å². The molecule has 0 saturated heterocycles. The molecule has 1 N–H and O–H groups in total. The fraction of sp³-hybridized carbons (Fsp3) is 0.211. The average molecular weight is 424 g/mol. The fourth-order valence-corrected chi connectivity index (χ4v) is 2.30. The summed E-state index contributed by atoms with van der Waals surface area (Å²) < 4.78 is 45.8. The molecule has 0 fully saturated rings. The van der Waals surface area contributed by atoms with Crippen molar-refractivity contribution in [3.05, 3.63) is 58.6 Å². The van der Waals surface area contributed by atoms with Gasteiger partial charge in [-0.15, -0.1) is 13.2 Å². The summed E-state index contributed by atoms with van der Waals surface area (Å²) in [5, 5.41) is 21.0. The molecule has 29 heavy (non-hydrogen) atoms. The Kier molecular flexibility index (Phi) is 6.57. The summed E-state index contributed by atoms with van der Waals surface area (Å²) in [6.07, 6.45) is -4.84. The van der Waals surface area contributed by atoms with Gasteiger partial charge in [-0.25, -0.2) is 0 Å². The summed E-state index contributed by atoms with van der Waals surface area (Å²) in [4.78, 5) is 12.3. The standard InChI is InChI=1S/C19H13ClF3N3O3/c1-18(10-25,11-28-16-8-12(9-24)2-7-15(16)20)26-17(27)13-3-5-14(6-4-13)29-19(21,22)23/h2-8H,11H2,1H3,(H,26,27). The van der Waals surface area contributed by atoms with Crippen LogP contribution < -0.4 is 14.8 Å². The Morgan fingerprint density at radius 3 is 2.38 bits per heavy atom. The van der Waals surface area contributed by atoms with E-state index in [1.54, 1.807) is 0 Å². The van der Waals surface area contributed by atoms with Gasteiger partial charge in [-0.1, -0.05) is 11.6 Å². The molecule has 6 nitrogen and oxygen atoms in total. The predicted octanol–water partition coefficient (Wildman–Crippen LogP) is 4.20. The van der Waals surface area contributed by atoms with Crippen molar-refractivity contribution in [1.29, 1.82) is 10.5 Å². The van der Waals surface area contributed by atoms with Crippen LogP contribution in [0.5, 0.6) is 11.5 Å². The van der Waals surface area contributed by atoms with E-state index in [2.05, 4.69) is 10.1 Å². The molecule has 0 aliphatic heterocycles. The third-order valence-corrected chi connectivity index (χ3v) is 3.88. The van der Waals surface area contributed by atoms with Crippen molar-refractivity contribution in [2.24, 2.45) is 0 Å². The zero-order valence-corrected chi connectivity index (χ0v) is 15.6. The van der Waals surface area contributed by atoms with Crippen molar-refractivity contribution in [2.45, 2.75) is 18.8 Å². The number of hydrogen-bond donors (Lipinski definition) is 1. The lowest BCUT2D eigenvalue weighted by Gasteiger charge is -2.24. The minimum Gasteiger partial charge on any atom is -0.488 e. The second kappa shape index (κ2) is 8.72. The predicted molar refractivity (Wildman–Crippen MR) is 96.3 cm³/mol. The van der Waals surface area contributed by atoms with Gasteiger partial charge in [0.25, 0.3) is 5.91 Å². The lowest BCUT2D eigenvalue weighted by atomic mass is 10.0. The van der Waals surface area contributed by atoms with Gasteiger partial charge >= 0.3 is 6.36 Å². The largest absolute Gasteiger partial charge is 0.573 e. The molecule has 2 aromatic rings. The molecule has 1 unspecified atom stereocenters. The lowest BCUT2D eigenvalue weighted by Crippen LogP contribution is -2.49.